The number of benzene rings is 5. The molecule has 0 aliphatic rings. The molecule has 1 N–H and O–H groups in total. The number of fused-ring (bicyclic) bond motifs is 3. The third-order valence-corrected chi connectivity index (χ3v) is 6.01. The van der Waals surface area contributed by atoms with Crippen LogP contribution in [-0.4, -0.2) is 5.11 Å². The second-order valence-corrected chi connectivity index (χ2v) is 8.37. The Balaban J connectivity index is 2.05. The highest BCUT2D eigenvalue weighted by Gasteiger charge is 2.19. The monoisotopic (exact) mass is 458 g/mol. The zero-order chi connectivity index (χ0) is 20.0. The summed E-state index contributed by atoms with van der Waals surface area (Å²) >= 11 is 9.83. The second kappa shape index (κ2) is 7.22. The largest absolute Gasteiger partial charge is 0.507 e. The first kappa shape index (κ1) is 18.2. The van der Waals surface area contributed by atoms with Gasteiger partial charge in [-0.3, -0.25) is 0 Å². The normalized spacial score (nSPS) is 11.2. The van der Waals surface area contributed by atoms with E-state index in [9.17, 15) is 5.11 Å². The fourth-order valence-electron chi connectivity index (χ4n) is 4.06. The van der Waals surface area contributed by atoms with Gasteiger partial charge in [-0.1, -0.05) is 88.2 Å². The highest BCUT2D eigenvalue weighted by molar-refractivity contribution is 9.10. The standard InChI is InChI=1S/C26H16BrClO/c27-17-10-12-22(24(29)14-17)26-20-9-5-4-8-19(20)23-15-18(28)11-13-21(23)25(26)16-6-2-1-3-7-16/h1-15,29H. The molecule has 0 aromatic heterocycles. The van der Waals surface area contributed by atoms with Gasteiger partial charge in [-0.2, -0.15) is 0 Å². The molecule has 3 heteroatoms. The van der Waals surface area contributed by atoms with Crippen molar-refractivity contribution in [3.63, 3.8) is 0 Å². The average molecular weight is 460 g/mol. The van der Waals surface area contributed by atoms with E-state index in [-0.39, 0.29) is 5.75 Å². The van der Waals surface area contributed by atoms with Gasteiger partial charge in [-0.05, 0) is 63.0 Å². The van der Waals surface area contributed by atoms with Crippen LogP contribution in [0.3, 0.4) is 0 Å². The molecule has 0 saturated heterocycles. The molecule has 0 radical (unpaired) electrons. The van der Waals surface area contributed by atoms with Crippen LogP contribution in [0.1, 0.15) is 0 Å². The van der Waals surface area contributed by atoms with E-state index in [1.165, 1.54) is 0 Å². The van der Waals surface area contributed by atoms with E-state index in [4.69, 9.17) is 11.6 Å². The molecular formula is C26H16BrClO. The van der Waals surface area contributed by atoms with Crippen LogP contribution in [0.2, 0.25) is 5.02 Å². The molecule has 29 heavy (non-hydrogen) atoms. The average Bonchev–Trinajstić information content (AvgIpc) is 2.74. The van der Waals surface area contributed by atoms with E-state index in [1.807, 2.05) is 54.6 Å². The molecule has 0 bridgehead atoms. The Kier molecular flexibility index (Phi) is 4.54. The van der Waals surface area contributed by atoms with Crippen LogP contribution < -0.4 is 0 Å². The summed E-state index contributed by atoms with van der Waals surface area (Å²) in [6.07, 6.45) is 0. The zero-order valence-corrected chi connectivity index (χ0v) is 17.7. The maximum absolute atomic E-state index is 10.8. The van der Waals surface area contributed by atoms with Gasteiger partial charge in [0.25, 0.3) is 0 Å². The Morgan fingerprint density at radius 3 is 2.07 bits per heavy atom. The van der Waals surface area contributed by atoms with Crippen LogP contribution in [0.5, 0.6) is 5.75 Å². The van der Waals surface area contributed by atoms with Crippen molar-refractivity contribution >= 4 is 49.1 Å². The molecule has 0 heterocycles. The molecule has 0 aliphatic heterocycles. The van der Waals surface area contributed by atoms with E-state index < -0.39 is 0 Å². The van der Waals surface area contributed by atoms with Crippen LogP contribution in [0, 0.1) is 0 Å². The minimum atomic E-state index is 0.245. The van der Waals surface area contributed by atoms with Crippen LogP contribution in [0.25, 0.3) is 43.8 Å². The lowest BCUT2D eigenvalue weighted by Crippen LogP contribution is -1.92. The number of hydrogen-bond acceptors (Lipinski definition) is 1. The van der Waals surface area contributed by atoms with Gasteiger partial charge in [0.2, 0.25) is 0 Å². The molecule has 140 valence electrons. The van der Waals surface area contributed by atoms with Crippen molar-refractivity contribution in [1.29, 1.82) is 0 Å². The van der Waals surface area contributed by atoms with Crippen molar-refractivity contribution < 1.29 is 5.11 Å². The lowest BCUT2D eigenvalue weighted by atomic mass is 9.85. The van der Waals surface area contributed by atoms with E-state index >= 15 is 0 Å². The Bertz CT molecular complexity index is 1380. The van der Waals surface area contributed by atoms with E-state index in [2.05, 4.69) is 46.3 Å². The predicted octanol–water partition coefficient (Wildman–Crippen LogP) is 8.45. The summed E-state index contributed by atoms with van der Waals surface area (Å²) in [6.45, 7) is 0. The molecule has 5 aromatic carbocycles. The topological polar surface area (TPSA) is 20.2 Å². The summed E-state index contributed by atoms with van der Waals surface area (Å²) in [5, 5.41) is 16.0. The molecule has 0 amide bonds. The predicted molar refractivity (Wildman–Crippen MR) is 127 cm³/mol. The van der Waals surface area contributed by atoms with Gasteiger partial charge in [0.1, 0.15) is 5.75 Å². The Labute approximate surface area is 182 Å². The molecular weight excluding hydrogens is 444 g/mol. The smallest absolute Gasteiger partial charge is 0.124 e. The first-order valence-corrected chi connectivity index (χ1v) is 10.5. The molecule has 0 atom stereocenters. The van der Waals surface area contributed by atoms with Crippen molar-refractivity contribution in [3.05, 3.63) is 100 Å². The maximum Gasteiger partial charge on any atom is 0.124 e. The first-order chi connectivity index (χ1) is 14.1. The molecule has 0 aliphatic carbocycles. The SMILES string of the molecule is Oc1cc(Br)ccc1-c1c(-c2ccccc2)c2ccc(Cl)cc2c2ccccc12. The van der Waals surface area contributed by atoms with Gasteiger partial charge < -0.3 is 5.11 Å². The number of rotatable bonds is 2. The Hall–Kier alpha value is -2.81. The van der Waals surface area contributed by atoms with E-state index in [0.717, 1.165) is 48.3 Å². The molecule has 1 nitrogen and oxygen atoms in total. The van der Waals surface area contributed by atoms with Crippen molar-refractivity contribution in [2.24, 2.45) is 0 Å². The van der Waals surface area contributed by atoms with Crippen molar-refractivity contribution in [3.8, 4) is 28.0 Å². The van der Waals surface area contributed by atoms with Crippen molar-refractivity contribution in [2.45, 2.75) is 0 Å². The lowest BCUT2D eigenvalue weighted by Gasteiger charge is -2.19. The fraction of sp³-hybridized carbons (Fsp3) is 0. The maximum atomic E-state index is 10.8. The summed E-state index contributed by atoms with van der Waals surface area (Å²) in [5.41, 5.74) is 4.02. The fourth-order valence-corrected chi connectivity index (χ4v) is 4.58. The van der Waals surface area contributed by atoms with Gasteiger partial charge in [-0.25, -0.2) is 0 Å². The van der Waals surface area contributed by atoms with Crippen LogP contribution in [-0.2, 0) is 0 Å². The van der Waals surface area contributed by atoms with Crippen LogP contribution in [0.4, 0.5) is 0 Å². The number of halogens is 2. The lowest BCUT2D eigenvalue weighted by molar-refractivity contribution is 0.477. The Morgan fingerprint density at radius 1 is 0.621 bits per heavy atom. The Morgan fingerprint density at radius 2 is 1.31 bits per heavy atom. The third kappa shape index (κ3) is 3.09. The minimum Gasteiger partial charge on any atom is -0.507 e. The minimum absolute atomic E-state index is 0.245. The highest BCUT2D eigenvalue weighted by atomic mass is 79.9. The summed E-state index contributed by atoms with van der Waals surface area (Å²) in [6, 6.07) is 30.3. The second-order valence-electron chi connectivity index (χ2n) is 7.01. The number of phenolic OH excluding ortho intramolecular Hbond substituents is 1. The van der Waals surface area contributed by atoms with Crippen molar-refractivity contribution in [1.82, 2.24) is 0 Å². The van der Waals surface area contributed by atoms with Gasteiger partial charge >= 0.3 is 0 Å². The summed E-state index contributed by atoms with van der Waals surface area (Å²) < 4.78 is 0.844. The van der Waals surface area contributed by atoms with Gasteiger partial charge in [-0.15, -0.1) is 0 Å². The number of hydrogen-bond donors (Lipinski definition) is 1. The first-order valence-electron chi connectivity index (χ1n) is 9.32. The molecule has 0 spiro atoms. The molecule has 0 saturated carbocycles. The molecule has 5 rings (SSSR count). The van der Waals surface area contributed by atoms with E-state index in [1.54, 1.807) is 6.07 Å². The number of phenols is 1. The van der Waals surface area contributed by atoms with Gasteiger partial charge in [0, 0.05) is 20.6 Å². The third-order valence-electron chi connectivity index (χ3n) is 5.28. The van der Waals surface area contributed by atoms with E-state index in [0.29, 0.717) is 5.02 Å². The summed E-state index contributed by atoms with van der Waals surface area (Å²) in [4.78, 5) is 0. The van der Waals surface area contributed by atoms with Crippen LogP contribution >= 0.6 is 27.5 Å². The molecule has 0 unspecified atom stereocenters. The van der Waals surface area contributed by atoms with Crippen LogP contribution in [0.15, 0.2) is 95.5 Å². The quantitative estimate of drug-likeness (QED) is 0.262. The van der Waals surface area contributed by atoms with Crippen molar-refractivity contribution in [2.75, 3.05) is 0 Å². The zero-order valence-electron chi connectivity index (χ0n) is 15.4. The van der Waals surface area contributed by atoms with Gasteiger partial charge in [0.05, 0.1) is 0 Å². The van der Waals surface area contributed by atoms with Gasteiger partial charge in [0.15, 0.2) is 0 Å². The highest BCUT2D eigenvalue weighted by Crippen LogP contribution is 2.47. The molecule has 0 fully saturated rings. The summed E-state index contributed by atoms with van der Waals surface area (Å²) in [7, 11) is 0. The number of aromatic hydroxyl groups is 1. The summed E-state index contributed by atoms with van der Waals surface area (Å²) in [5.74, 6) is 0.245. The molecule has 5 aromatic rings.